The van der Waals surface area contributed by atoms with Crippen molar-refractivity contribution >= 4 is 5.69 Å². The number of ether oxygens (including phenoxy) is 1. The molecule has 1 fully saturated rings. The molecule has 3 N–H and O–H groups in total. The van der Waals surface area contributed by atoms with Crippen molar-refractivity contribution in [2.24, 2.45) is 0 Å². The number of nitrogens with one attached hydrogen (secondary N) is 1. The molecule has 0 saturated carbocycles. The van der Waals surface area contributed by atoms with Gasteiger partial charge in [-0.3, -0.25) is 0 Å². The normalized spacial score (nSPS) is 22.2. The van der Waals surface area contributed by atoms with Crippen molar-refractivity contribution in [1.29, 1.82) is 0 Å². The number of hydrogen-bond donors (Lipinski definition) is 2. The van der Waals surface area contributed by atoms with E-state index in [-0.39, 0.29) is 6.10 Å². The summed E-state index contributed by atoms with van der Waals surface area (Å²) in [7, 11) is 0. The Kier molecular flexibility index (Phi) is 2.70. The Bertz CT molecular complexity index is 319. The highest BCUT2D eigenvalue weighted by Gasteiger charge is 2.17. The van der Waals surface area contributed by atoms with Gasteiger partial charge in [0.05, 0.1) is 12.7 Å². The van der Waals surface area contributed by atoms with Gasteiger partial charge >= 0.3 is 0 Å². The van der Waals surface area contributed by atoms with Crippen molar-refractivity contribution < 1.29 is 4.74 Å². The molecule has 1 saturated heterocycles. The van der Waals surface area contributed by atoms with Gasteiger partial charge < -0.3 is 15.8 Å². The van der Waals surface area contributed by atoms with Crippen LogP contribution < -0.4 is 11.1 Å². The summed E-state index contributed by atoms with van der Waals surface area (Å²) in [6, 6.07) is 5.99. The highest BCUT2D eigenvalue weighted by Crippen LogP contribution is 2.25. The summed E-state index contributed by atoms with van der Waals surface area (Å²) in [5.74, 6) is 0. The van der Waals surface area contributed by atoms with Crippen molar-refractivity contribution in [2.75, 3.05) is 25.4 Å². The van der Waals surface area contributed by atoms with Crippen molar-refractivity contribution in [1.82, 2.24) is 5.32 Å². The minimum absolute atomic E-state index is 0.159. The third-order valence-corrected chi connectivity index (χ3v) is 2.69. The van der Waals surface area contributed by atoms with Gasteiger partial charge in [-0.2, -0.15) is 0 Å². The van der Waals surface area contributed by atoms with Crippen molar-refractivity contribution in [3.63, 3.8) is 0 Å². The first kappa shape index (κ1) is 9.49. The molecular weight excluding hydrogens is 176 g/mol. The smallest absolute Gasteiger partial charge is 0.0953 e. The minimum Gasteiger partial charge on any atom is -0.399 e. The zero-order chi connectivity index (χ0) is 9.97. The van der Waals surface area contributed by atoms with E-state index < -0.39 is 0 Å². The Morgan fingerprint density at radius 1 is 1.50 bits per heavy atom. The molecule has 1 unspecified atom stereocenters. The zero-order valence-corrected chi connectivity index (χ0v) is 8.42. The Morgan fingerprint density at radius 3 is 3.07 bits per heavy atom. The fourth-order valence-corrected chi connectivity index (χ4v) is 1.79. The molecule has 76 valence electrons. The monoisotopic (exact) mass is 192 g/mol. The van der Waals surface area contributed by atoms with Crippen molar-refractivity contribution in [3.8, 4) is 0 Å². The summed E-state index contributed by atoms with van der Waals surface area (Å²) < 4.78 is 5.68. The van der Waals surface area contributed by atoms with Crippen LogP contribution in [-0.2, 0) is 4.74 Å². The molecule has 1 atom stereocenters. The number of hydrogen-bond acceptors (Lipinski definition) is 3. The molecule has 3 nitrogen and oxygen atoms in total. The van der Waals surface area contributed by atoms with E-state index in [0.717, 1.165) is 30.9 Å². The van der Waals surface area contributed by atoms with E-state index >= 15 is 0 Å². The van der Waals surface area contributed by atoms with Gasteiger partial charge in [0.1, 0.15) is 0 Å². The van der Waals surface area contributed by atoms with Gasteiger partial charge in [0.2, 0.25) is 0 Å². The first-order valence-corrected chi connectivity index (χ1v) is 4.96. The third kappa shape index (κ3) is 1.74. The zero-order valence-electron chi connectivity index (χ0n) is 8.42. The predicted octanol–water partition coefficient (Wildman–Crippen LogP) is 1.24. The fourth-order valence-electron chi connectivity index (χ4n) is 1.79. The average molecular weight is 192 g/mol. The lowest BCUT2D eigenvalue weighted by molar-refractivity contribution is 0.0273. The summed E-state index contributed by atoms with van der Waals surface area (Å²) >= 11 is 0. The molecule has 0 aromatic heterocycles. The molecule has 0 spiro atoms. The minimum atomic E-state index is 0.159. The molecule has 0 bridgehead atoms. The van der Waals surface area contributed by atoms with E-state index in [4.69, 9.17) is 10.5 Å². The molecule has 0 radical (unpaired) electrons. The first-order valence-electron chi connectivity index (χ1n) is 4.96. The van der Waals surface area contributed by atoms with E-state index in [1.807, 2.05) is 19.1 Å². The maximum absolute atomic E-state index is 5.85. The quantitative estimate of drug-likeness (QED) is 0.658. The number of anilines is 1. The Morgan fingerprint density at radius 2 is 2.36 bits per heavy atom. The Hall–Kier alpha value is -1.06. The predicted molar refractivity (Wildman–Crippen MR) is 57.2 cm³/mol. The number of nitrogen functional groups attached to an aromatic ring is 1. The van der Waals surface area contributed by atoms with Gasteiger partial charge in [-0.15, -0.1) is 0 Å². The van der Waals surface area contributed by atoms with E-state index in [9.17, 15) is 0 Å². The second-order valence-electron chi connectivity index (χ2n) is 3.63. The van der Waals surface area contributed by atoms with Crippen LogP contribution in [-0.4, -0.2) is 19.7 Å². The molecular formula is C11H16N2O. The SMILES string of the molecule is Cc1c(N)cccc1C1CNCCO1. The lowest BCUT2D eigenvalue weighted by Gasteiger charge is -2.25. The molecule has 0 amide bonds. The van der Waals surface area contributed by atoms with Crippen molar-refractivity contribution in [2.45, 2.75) is 13.0 Å². The van der Waals surface area contributed by atoms with Gasteiger partial charge in [0.15, 0.2) is 0 Å². The topological polar surface area (TPSA) is 47.3 Å². The van der Waals surface area contributed by atoms with Gasteiger partial charge in [0, 0.05) is 18.8 Å². The van der Waals surface area contributed by atoms with Crippen LogP contribution in [0.1, 0.15) is 17.2 Å². The van der Waals surface area contributed by atoms with E-state index in [1.54, 1.807) is 0 Å². The number of morpholine rings is 1. The Labute approximate surface area is 84.3 Å². The highest BCUT2D eigenvalue weighted by atomic mass is 16.5. The molecule has 0 aliphatic carbocycles. The fraction of sp³-hybridized carbons (Fsp3) is 0.455. The van der Waals surface area contributed by atoms with Crippen LogP contribution in [0.4, 0.5) is 5.69 Å². The molecule has 1 heterocycles. The van der Waals surface area contributed by atoms with Crippen LogP contribution >= 0.6 is 0 Å². The molecule has 14 heavy (non-hydrogen) atoms. The summed E-state index contributed by atoms with van der Waals surface area (Å²) in [6.07, 6.45) is 0.159. The average Bonchev–Trinajstić information content (AvgIpc) is 2.23. The van der Waals surface area contributed by atoms with Crippen LogP contribution in [0, 0.1) is 6.92 Å². The van der Waals surface area contributed by atoms with Crippen LogP contribution in [0.2, 0.25) is 0 Å². The highest BCUT2D eigenvalue weighted by molar-refractivity contribution is 5.50. The lowest BCUT2D eigenvalue weighted by Crippen LogP contribution is -2.33. The number of benzene rings is 1. The largest absolute Gasteiger partial charge is 0.399 e. The van der Waals surface area contributed by atoms with E-state index in [1.165, 1.54) is 5.56 Å². The van der Waals surface area contributed by atoms with E-state index in [0.29, 0.717) is 0 Å². The summed E-state index contributed by atoms with van der Waals surface area (Å²) in [5, 5.41) is 3.31. The maximum atomic E-state index is 5.85. The van der Waals surface area contributed by atoms with Crippen LogP contribution in [0.25, 0.3) is 0 Å². The molecule has 1 aliphatic rings. The lowest BCUT2D eigenvalue weighted by atomic mass is 10.0. The second-order valence-corrected chi connectivity index (χ2v) is 3.63. The molecule has 1 aromatic rings. The maximum Gasteiger partial charge on any atom is 0.0953 e. The standard InChI is InChI=1S/C11H16N2O/c1-8-9(3-2-4-10(8)12)11-7-13-5-6-14-11/h2-4,11,13H,5-7,12H2,1H3. The van der Waals surface area contributed by atoms with Crippen LogP contribution in [0.15, 0.2) is 18.2 Å². The molecule has 2 rings (SSSR count). The van der Waals surface area contributed by atoms with Gasteiger partial charge in [-0.1, -0.05) is 12.1 Å². The van der Waals surface area contributed by atoms with Gasteiger partial charge in [-0.25, -0.2) is 0 Å². The summed E-state index contributed by atoms with van der Waals surface area (Å²) in [6.45, 7) is 4.64. The molecule has 1 aliphatic heterocycles. The molecule has 1 aromatic carbocycles. The van der Waals surface area contributed by atoms with Crippen LogP contribution in [0.3, 0.4) is 0 Å². The van der Waals surface area contributed by atoms with Crippen molar-refractivity contribution in [3.05, 3.63) is 29.3 Å². The third-order valence-electron chi connectivity index (χ3n) is 2.69. The van der Waals surface area contributed by atoms with Gasteiger partial charge in [-0.05, 0) is 24.1 Å². The second kappa shape index (κ2) is 3.98. The van der Waals surface area contributed by atoms with Gasteiger partial charge in [0.25, 0.3) is 0 Å². The summed E-state index contributed by atoms with van der Waals surface area (Å²) in [4.78, 5) is 0. The summed E-state index contributed by atoms with van der Waals surface area (Å²) in [5.41, 5.74) is 9.04. The number of nitrogens with two attached hydrogens (primary N) is 1. The Balaban J connectivity index is 2.26. The number of rotatable bonds is 1. The van der Waals surface area contributed by atoms with Crippen LogP contribution in [0.5, 0.6) is 0 Å². The molecule has 3 heteroatoms. The van der Waals surface area contributed by atoms with E-state index in [2.05, 4.69) is 11.4 Å². The first-order chi connectivity index (χ1) is 6.79.